The molecule has 0 aliphatic carbocycles. The number of nitrogens with zero attached hydrogens (tertiary/aromatic N) is 1. The van der Waals surface area contributed by atoms with E-state index in [4.69, 9.17) is 0 Å². The maximum absolute atomic E-state index is 10.5. The Morgan fingerprint density at radius 2 is 2.29 bits per heavy atom. The van der Waals surface area contributed by atoms with Gasteiger partial charge in [-0.05, 0) is 17.0 Å². The molecule has 1 radical (unpaired) electrons. The molecule has 2 aromatic rings. The number of carbonyl (C=O) groups is 1. The fourth-order valence-corrected chi connectivity index (χ4v) is 3.52. The largest absolute Gasteiger partial charge is 0.386 e. The van der Waals surface area contributed by atoms with E-state index in [1.54, 1.807) is 11.3 Å². The summed E-state index contributed by atoms with van der Waals surface area (Å²) in [6.45, 7) is 1.20. The van der Waals surface area contributed by atoms with Crippen LogP contribution in [-0.4, -0.2) is 30.1 Å². The first-order valence-corrected chi connectivity index (χ1v) is 6.32. The van der Waals surface area contributed by atoms with Gasteiger partial charge in [0.05, 0.1) is 6.19 Å². The third-order valence-corrected chi connectivity index (χ3v) is 4.39. The van der Waals surface area contributed by atoms with Gasteiger partial charge < -0.3 is 14.7 Å². The van der Waals surface area contributed by atoms with Gasteiger partial charge in [-0.15, -0.1) is 11.3 Å². The van der Waals surface area contributed by atoms with E-state index in [-0.39, 0.29) is 0 Å². The van der Waals surface area contributed by atoms with Crippen molar-refractivity contribution in [3.05, 3.63) is 34.7 Å². The molecule has 1 N–H and O–H groups in total. The van der Waals surface area contributed by atoms with E-state index >= 15 is 0 Å². The average Bonchev–Trinajstić information content (AvgIpc) is 2.69. The van der Waals surface area contributed by atoms with Gasteiger partial charge in [-0.1, -0.05) is 18.2 Å². The first kappa shape index (κ1) is 11.0. The van der Waals surface area contributed by atoms with Gasteiger partial charge in [-0.2, -0.15) is 0 Å². The van der Waals surface area contributed by atoms with Crippen molar-refractivity contribution in [2.45, 2.75) is 12.6 Å². The van der Waals surface area contributed by atoms with Crippen LogP contribution in [0.2, 0.25) is 0 Å². The Bertz CT molecular complexity index is 569. The Labute approximate surface area is 104 Å². The first-order valence-electron chi connectivity index (χ1n) is 5.50. The second-order valence-electron chi connectivity index (χ2n) is 4.17. The highest BCUT2D eigenvalue weighted by molar-refractivity contribution is 7.19. The number of rotatable bonds is 2. The Morgan fingerprint density at radius 3 is 3.12 bits per heavy atom. The molecule has 1 aliphatic heterocycles. The standard InChI is InChI=1S/C12H11BNO2S/c15-7-13-14-5-9-8-3-1-2-4-11(8)17-12(9)10(16)6-14/h1-4,7,10,16H,5-6H2. The van der Waals surface area contributed by atoms with Crippen molar-refractivity contribution in [1.82, 2.24) is 4.81 Å². The van der Waals surface area contributed by atoms with Crippen LogP contribution in [-0.2, 0) is 11.3 Å². The van der Waals surface area contributed by atoms with Crippen LogP contribution in [0.25, 0.3) is 10.1 Å². The molecule has 0 spiro atoms. The molecule has 0 bridgehead atoms. The average molecular weight is 244 g/mol. The molecule has 1 atom stereocenters. The van der Waals surface area contributed by atoms with E-state index in [0.29, 0.717) is 13.1 Å². The predicted molar refractivity (Wildman–Crippen MR) is 69.7 cm³/mol. The van der Waals surface area contributed by atoms with Gasteiger partial charge in [-0.25, -0.2) is 0 Å². The van der Waals surface area contributed by atoms with Crippen LogP contribution >= 0.6 is 11.3 Å². The quantitative estimate of drug-likeness (QED) is 0.643. The summed E-state index contributed by atoms with van der Waals surface area (Å²) < 4.78 is 1.20. The van der Waals surface area contributed by atoms with Crippen LogP contribution in [0.1, 0.15) is 16.5 Å². The second-order valence-corrected chi connectivity index (χ2v) is 5.26. The Morgan fingerprint density at radius 1 is 1.47 bits per heavy atom. The Hall–Kier alpha value is -1.17. The molecule has 1 aromatic carbocycles. The summed E-state index contributed by atoms with van der Waals surface area (Å²) in [5.41, 5.74) is 1.16. The number of hydrogen-bond acceptors (Lipinski definition) is 4. The summed E-state index contributed by atoms with van der Waals surface area (Å²) in [6.07, 6.45) is 0.277. The molecule has 17 heavy (non-hydrogen) atoms. The van der Waals surface area contributed by atoms with Crippen LogP contribution in [0.5, 0.6) is 0 Å². The molecule has 3 rings (SSSR count). The summed E-state index contributed by atoms with van der Waals surface area (Å²) in [7, 11) is 1.50. The molecular weight excluding hydrogens is 233 g/mol. The molecule has 1 unspecified atom stereocenters. The van der Waals surface area contributed by atoms with Gasteiger partial charge in [0.15, 0.2) is 0 Å². The third-order valence-electron chi connectivity index (χ3n) is 3.07. The maximum atomic E-state index is 10.5. The number of benzene rings is 1. The zero-order chi connectivity index (χ0) is 11.8. The fraction of sp³-hybridized carbons (Fsp3) is 0.250. The number of hydrogen-bond donors (Lipinski definition) is 1. The molecule has 3 nitrogen and oxygen atoms in total. The molecule has 1 aliphatic rings. The molecular formula is C12H11BNO2S. The van der Waals surface area contributed by atoms with E-state index in [0.717, 1.165) is 16.6 Å². The minimum Gasteiger partial charge on any atom is -0.386 e. The molecule has 0 fully saturated rings. The molecule has 0 amide bonds. The summed E-state index contributed by atoms with van der Waals surface area (Å²) in [4.78, 5) is 13.4. The summed E-state index contributed by atoms with van der Waals surface area (Å²) >= 11 is 1.65. The van der Waals surface area contributed by atoms with Gasteiger partial charge in [0.2, 0.25) is 0 Å². The van der Waals surface area contributed by atoms with Crippen LogP contribution in [0, 0.1) is 0 Å². The predicted octanol–water partition coefficient (Wildman–Crippen LogP) is 1.56. The van der Waals surface area contributed by atoms with Crippen molar-refractivity contribution in [2.75, 3.05) is 6.54 Å². The zero-order valence-corrected chi connectivity index (χ0v) is 9.98. The lowest BCUT2D eigenvalue weighted by Crippen LogP contribution is -2.36. The zero-order valence-electron chi connectivity index (χ0n) is 9.17. The van der Waals surface area contributed by atoms with Crippen LogP contribution in [0.4, 0.5) is 0 Å². The summed E-state index contributed by atoms with van der Waals surface area (Å²) in [5, 5.41) is 11.3. The van der Waals surface area contributed by atoms with Crippen molar-refractivity contribution < 1.29 is 9.90 Å². The molecule has 0 saturated carbocycles. The first-order chi connectivity index (χ1) is 8.29. The monoisotopic (exact) mass is 244 g/mol. The minimum atomic E-state index is -0.493. The molecule has 5 heteroatoms. The SMILES string of the molecule is O=C[B]N1Cc2c(sc3ccccc23)C(O)C1. The topological polar surface area (TPSA) is 40.5 Å². The number of aliphatic hydroxyl groups is 1. The van der Waals surface area contributed by atoms with Gasteiger partial charge >= 0.3 is 0 Å². The lowest BCUT2D eigenvalue weighted by Gasteiger charge is -2.28. The fourth-order valence-electron chi connectivity index (χ4n) is 2.32. The number of carbonyl (C=O) groups excluding carboxylic acids is 1. The van der Waals surface area contributed by atoms with Gasteiger partial charge in [0, 0.05) is 22.7 Å². The third kappa shape index (κ3) is 1.80. The highest BCUT2D eigenvalue weighted by Gasteiger charge is 2.27. The van der Waals surface area contributed by atoms with Gasteiger partial charge in [0.25, 0.3) is 7.41 Å². The van der Waals surface area contributed by atoms with Crippen molar-refractivity contribution in [3.63, 3.8) is 0 Å². The lowest BCUT2D eigenvalue weighted by atomic mass is 9.89. The second kappa shape index (κ2) is 4.25. The summed E-state index contributed by atoms with van der Waals surface area (Å²) in [5.74, 6) is 0. The van der Waals surface area contributed by atoms with E-state index in [1.165, 1.54) is 17.5 Å². The number of β-amino-alcohol motifs (C(OH)–C–C–N with tert-alkyl or cyclic N) is 1. The van der Waals surface area contributed by atoms with Crippen LogP contribution < -0.4 is 0 Å². The Kier molecular flexibility index (Phi) is 2.74. The van der Waals surface area contributed by atoms with Gasteiger partial charge in [0.1, 0.15) is 6.10 Å². The smallest absolute Gasteiger partial charge is 0.293 e. The molecule has 1 aromatic heterocycles. The lowest BCUT2D eigenvalue weighted by molar-refractivity contribution is 0.137. The van der Waals surface area contributed by atoms with Crippen molar-refractivity contribution in [2.24, 2.45) is 0 Å². The summed E-state index contributed by atoms with van der Waals surface area (Å²) in [6, 6.07) is 8.15. The Balaban J connectivity index is 2.10. The van der Waals surface area contributed by atoms with Crippen molar-refractivity contribution in [1.29, 1.82) is 0 Å². The van der Waals surface area contributed by atoms with Crippen LogP contribution in [0.15, 0.2) is 24.3 Å². The van der Waals surface area contributed by atoms with Crippen LogP contribution in [0.3, 0.4) is 0 Å². The maximum Gasteiger partial charge on any atom is 0.293 e. The van der Waals surface area contributed by atoms with Crippen molar-refractivity contribution in [3.8, 4) is 0 Å². The van der Waals surface area contributed by atoms with E-state index < -0.39 is 6.10 Å². The van der Waals surface area contributed by atoms with E-state index in [1.807, 2.05) is 16.9 Å². The normalized spacial score (nSPS) is 20.2. The molecule has 0 saturated heterocycles. The molecule has 85 valence electrons. The van der Waals surface area contributed by atoms with Gasteiger partial charge in [-0.3, -0.25) is 0 Å². The van der Waals surface area contributed by atoms with E-state index in [9.17, 15) is 9.90 Å². The molecule has 2 heterocycles. The highest BCUT2D eigenvalue weighted by Crippen LogP contribution is 2.38. The number of fused-ring (bicyclic) bond motifs is 3. The number of thiophene rings is 1. The number of aliphatic hydroxyl groups excluding tert-OH is 1. The van der Waals surface area contributed by atoms with E-state index in [2.05, 4.69) is 12.1 Å². The highest BCUT2D eigenvalue weighted by atomic mass is 32.1. The van der Waals surface area contributed by atoms with Crippen molar-refractivity contribution >= 4 is 35.0 Å². The minimum absolute atomic E-state index is 0.493.